The minimum Gasteiger partial charge on any atom is -0.508 e. The van der Waals surface area contributed by atoms with E-state index in [1.165, 1.54) is 24.3 Å². The summed E-state index contributed by atoms with van der Waals surface area (Å²) in [5, 5.41) is 11.6. The molecule has 0 saturated heterocycles. The van der Waals surface area contributed by atoms with E-state index in [2.05, 4.69) is 16.2 Å². The van der Waals surface area contributed by atoms with Gasteiger partial charge in [0.05, 0.1) is 6.42 Å². The summed E-state index contributed by atoms with van der Waals surface area (Å²) in [7, 11) is 0. The highest BCUT2D eigenvalue weighted by molar-refractivity contribution is 7.80. The van der Waals surface area contributed by atoms with Gasteiger partial charge in [0.1, 0.15) is 5.75 Å². The standard InChI is InChI=1S/C16H15N3O3S/c20-13-8-6-12(7-9-13)15(22)18-19-16(23)17-14(21)10-11-4-2-1-3-5-11/h1-9,20H,10H2,(H,18,22)(H2,17,19,21,23). The lowest BCUT2D eigenvalue weighted by Crippen LogP contribution is -2.48. The van der Waals surface area contributed by atoms with E-state index in [1.807, 2.05) is 30.3 Å². The average Bonchev–Trinajstić information content (AvgIpc) is 2.54. The summed E-state index contributed by atoms with van der Waals surface area (Å²) < 4.78 is 0. The van der Waals surface area contributed by atoms with E-state index in [-0.39, 0.29) is 23.2 Å². The highest BCUT2D eigenvalue weighted by atomic mass is 32.1. The van der Waals surface area contributed by atoms with Gasteiger partial charge in [-0.15, -0.1) is 0 Å². The van der Waals surface area contributed by atoms with Crippen LogP contribution in [0.2, 0.25) is 0 Å². The van der Waals surface area contributed by atoms with E-state index in [9.17, 15) is 9.59 Å². The first-order chi connectivity index (χ1) is 11.0. The third-order valence-electron chi connectivity index (χ3n) is 2.88. The van der Waals surface area contributed by atoms with Crippen LogP contribution in [0.4, 0.5) is 0 Å². The summed E-state index contributed by atoms with van der Waals surface area (Å²) in [6.45, 7) is 0. The first kappa shape index (κ1) is 16.4. The Morgan fingerprint density at radius 2 is 1.61 bits per heavy atom. The van der Waals surface area contributed by atoms with E-state index in [1.54, 1.807) is 0 Å². The molecule has 2 rings (SSSR count). The summed E-state index contributed by atoms with van der Waals surface area (Å²) in [4.78, 5) is 23.6. The third-order valence-corrected chi connectivity index (χ3v) is 3.08. The molecule has 2 aromatic rings. The van der Waals surface area contributed by atoms with Crippen molar-refractivity contribution in [3.63, 3.8) is 0 Å². The normalized spacial score (nSPS) is 9.74. The van der Waals surface area contributed by atoms with Crippen molar-refractivity contribution in [2.75, 3.05) is 0 Å². The smallest absolute Gasteiger partial charge is 0.269 e. The predicted octanol–water partition coefficient (Wildman–Crippen LogP) is 1.27. The lowest BCUT2D eigenvalue weighted by atomic mass is 10.1. The van der Waals surface area contributed by atoms with Gasteiger partial charge in [-0.25, -0.2) is 0 Å². The number of phenolic OH excluding ortho intramolecular Hbond substituents is 1. The van der Waals surface area contributed by atoms with Crippen LogP contribution in [-0.4, -0.2) is 22.0 Å². The van der Waals surface area contributed by atoms with Crippen molar-refractivity contribution in [2.45, 2.75) is 6.42 Å². The van der Waals surface area contributed by atoms with Gasteiger partial charge in [0.2, 0.25) is 5.91 Å². The van der Waals surface area contributed by atoms with Crippen molar-refractivity contribution >= 4 is 29.1 Å². The molecule has 0 aliphatic carbocycles. The Labute approximate surface area is 138 Å². The number of amides is 2. The molecule has 0 saturated carbocycles. The monoisotopic (exact) mass is 329 g/mol. The number of carbonyl (C=O) groups is 2. The zero-order chi connectivity index (χ0) is 16.7. The van der Waals surface area contributed by atoms with Gasteiger partial charge >= 0.3 is 0 Å². The van der Waals surface area contributed by atoms with Gasteiger partial charge in [-0.3, -0.25) is 20.4 Å². The maximum absolute atomic E-state index is 11.8. The van der Waals surface area contributed by atoms with Crippen molar-refractivity contribution in [3.05, 3.63) is 65.7 Å². The number of benzene rings is 2. The maximum Gasteiger partial charge on any atom is 0.269 e. The molecule has 6 nitrogen and oxygen atoms in total. The number of nitrogens with one attached hydrogen (secondary N) is 3. The fourth-order valence-electron chi connectivity index (χ4n) is 1.78. The Bertz CT molecular complexity index is 702. The molecular weight excluding hydrogens is 314 g/mol. The lowest BCUT2D eigenvalue weighted by molar-refractivity contribution is -0.119. The number of aromatic hydroxyl groups is 1. The molecule has 2 aromatic carbocycles. The first-order valence-electron chi connectivity index (χ1n) is 6.78. The molecule has 0 radical (unpaired) electrons. The Morgan fingerprint density at radius 1 is 0.957 bits per heavy atom. The molecule has 0 bridgehead atoms. The number of phenols is 1. The Balaban J connectivity index is 1.77. The second-order valence-corrected chi connectivity index (χ2v) is 5.07. The van der Waals surface area contributed by atoms with Crippen LogP contribution < -0.4 is 16.2 Å². The van der Waals surface area contributed by atoms with Crippen LogP contribution in [0.5, 0.6) is 5.75 Å². The second-order valence-electron chi connectivity index (χ2n) is 4.67. The Hall–Kier alpha value is -2.93. The molecule has 7 heteroatoms. The molecule has 0 atom stereocenters. The van der Waals surface area contributed by atoms with Gasteiger partial charge in [-0.2, -0.15) is 0 Å². The average molecular weight is 329 g/mol. The molecule has 0 heterocycles. The molecule has 118 valence electrons. The summed E-state index contributed by atoms with van der Waals surface area (Å²) >= 11 is 4.94. The van der Waals surface area contributed by atoms with Gasteiger partial charge in [0, 0.05) is 5.56 Å². The van der Waals surface area contributed by atoms with Crippen LogP contribution in [0.15, 0.2) is 54.6 Å². The van der Waals surface area contributed by atoms with Crippen LogP contribution in [0, 0.1) is 0 Å². The van der Waals surface area contributed by atoms with Crippen molar-refractivity contribution in [1.29, 1.82) is 0 Å². The van der Waals surface area contributed by atoms with E-state index >= 15 is 0 Å². The molecular formula is C16H15N3O3S. The topological polar surface area (TPSA) is 90.5 Å². The molecule has 2 amide bonds. The predicted molar refractivity (Wildman–Crippen MR) is 89.6 cm³/mol. The number of hydrazine groups is 1. The molecule has 0 spiro atoms. The van der Waals surface area contributed by atoms with E-state index in [4.69, 9.17) is 17.3 Å². The fourth-order valence-corrected chi connectivity index (χ4v) is 1.95. The van der Waals surface area contributed by atoms with E-state index in [0.29, 0.717) is 5.56 Å². The van der Waals surface area contributed by atoms with Gasteiger partial charge in [0.15, 0.2) is 5.11 Å². The van der Waals surface area contributed by atoms with Gasteiger partial charge in [-0.05, 0) is 42.0 Å². The van der Waals surface area contributed by atoms with Crippen LogP contribution >= 0.6 is 12.2 Å². The van der Waals surface area contributed by atoms with E-state index in [0.717, 1.165) is 5.56 Å². The SMILES string of the molecule is O=C(Cc1ccccc1)NC(=S)NNC(=O)c1ccc(O)cc1. The number of hydrogen-bond acceptors (Lipinski definition) is 4. The lowest BCUT2D eigenvalue weighted by Gasteiger charge is -2.11. The summed E-state index contributed by atoms with van der Waals surface area (Å²) in [5.74, 6) is -0.657. The Morgan fingerprint density at radius 3 is 2.26 bits per heavy atom. The number of carbonyl (C=O) groups excluding carboxylic acids is 2. The van der Waals surface area contributed by atoms with Crippen molar-refractivity contribution in [2.24, 2.45) is 0 Å². The van der Waals surface area contributed by atoms with Crippen molar-refractivity contribution in [3.8, 4) is 5.75 Å². The minimum atomic E-state index is -0.440. The number of rotatable bonds is 3. The fraction of sp³-hybridized carbons (Fsp3) is 0.0625. The molecule has 0 aliphatic heterocycles. The highest BCUT2D eigenvalue weighted by Gasteiger charge is 2.08. The molecule has 0 aliphatic rings. The molecule has 0 aromatic heterocycles. The Kier molecular flexibility index (Phi) is 5.65. The van der Waals surface area contributed by atoms with Crippen LogP contribution in [-0.2, 0) is 11.2 Å². The zero-order valence-corrected chi connectivity index (χ0v) is 12.9. The third kappa shape index (κ3) is 5.40. The summed E-state index contributed by atoms with van der Waals surface area (Å²) in [5.41, 5.74) is 6.01. The quantitative estimate of drug-likeness (QED) is 0.503. The highest BCUT2D eigenvalue weighted by Crippen LogP contribution is 2.08. The first-order valence-corrected chi connectivity index (χ1v) is 7.18. The van der Waals surface area contributed by atoms with Crippen molar-refractivity contribution < 1.29 is 14.7 Å². The summed E-state index contributed by atoms with van der Waals surface area (Å²) in [6, 6.07) is 14.9. The van der Waals surface area contributed by atoms with Crippen LogP contribution in [0.1, 0.15) is 15.9 Å². The molecule has 0 fully saturated rings. The second kappa shape index (κ2) is 7.90. The minimum absolute atomic E-state index is 0.00180. The van der Waals surface area contributed by atoms with Gasteiger partial charge < -0.3 is 10.4 Å². The van der Waals surface area contributed by atoms with Crippen molar-refractivity contribution in [1.82, 2.24) is 16.2 Å². The molecule has 0 unspecified atom stereocenters. The van der Waals surface area contributed by atoms with Gasteiger partial charge in [0.25, 0.3) is 5.91 Å². The largest absolute Gasteiger partial charge is 0.508 e. The number of thiocarbonyl (C=S) groups is 1. The molecule has 23 heavy (non-hydrogen) atoms. The van der Waals surface area contributed by atoms with Gasteiger partial charge in [-0.1, -0.05) is 30.3 Å². The van der Waals surface area contributed by atoms with E-state index < -0.39 is 5.91 Å². The number of hydrogen-bond donors (Lipinski definition) is 4. The maximum atomic E-state index is 11.8. The zero-order valence-electron chi connectivity index (χ0n) is 12.1. The van der Waals surface area contributed by atoms with Crippen LogP contribution in [0.3, 0.4) is 0 Å². The van der Waals surface area contributed by atoms with Crippen LogP contribution in [0.25, 0.3) is 0 Å². The molecule has 4 N–H and O–H groups in total. The summed E-state index contributed by atoms with van der Waals surface area (Å²) in [6.07, 6.45) is 0.189.